The van der Waals surface area contributed by atoms with Gasteiger partial charge in [0, 0.05) is 18.5 Å². The molecule has 0 spiro atoms. The molecule has 3 heteroatoms. The Hall–Kier alpha value is -1.06. The van der Waals surface area contributed by atoms with Crippen molar-refractivity contribution in [3.05, 3.63) is 29.8 Å². The molecule has 0 amide bonds. The largest absolute Gasteiger partial charge is 0.493 e. The first-order chi connectivity index (χ1) is 8.40. The minimum Gasteiger partial charge on any atom is -0.493 e. The van der Waals surface area contributed by atoms with Crippen molar-refractivity contribution in [2.45, 2.75) is 38.3 Å². The molecular formula is C14H21NO2. The van der Waals surface area contributed by atoms with Gasteiger partial charge in [-0.3, -0.25) is 0 Å². The van der Waals surface area contributed by atoms with Crippen LogP contribution in [0.1, 0.15) is 31.2 Å². The van der Waals surface area contributed by atoms with Crippen LogP contribution in [-0.2, 0) is 11.3 Å². The van der Waals surface area contributed by atoms with E-state index in [9.17, 15) is 0 Å². The van der Waals surface area contributed by atoms with Gasteiger partial charge in [0.05, 0.1) is 19.3 Å². The molecule has 0 atom stereocenters. The number of hydrogen-bond donors (Lipinski definition) is 1. The van der Waals surface area contributed by atoms with Crippen molar-refractivity contribution in [1.82, 2.24) is 0 Å². The molecule has 94 valence electrons. The molecule has 3 nitrogen and oxygen atoms in total. The maximum Gasteiger partial charge on any atom is 0.123 e. The molecule has 1 saturated carbocycles. The third-order valence-corrected chi connectivity index (χ3v) is 3.14. The Morgan fingerprint density at radius 3 is 2.71 bits per heavy atom. The first-order valence-corrected chi connectivity index (χ1v) is 6.42. The van der Waals surface area contributed by atoms with Crippen LogP contribution in [0.15, 0.2) is 24.3 Å². The summed E-state index contributed by atoms with van der Waals surface area (Å²) in [5, 5.41) is 0. The van der Waals surface area contributed by atoms with Gasteiger partial charge in [0.1, 0.15) is 5.75 Å². The second-order valence-corrected chi connectivity index (χ2v) is 4.44. The molecule has 1 aliphatic carbocycles. The Labute approximate surface area is 103 Å². The van der Waals surface area contributed by atoms with Gasteiger partial charge in [0.2, 0.25) is 0 Å². The van der Waals surface area contributed by atoms with Gasteiger partial charge in [0.15, 0.2) is 0 Å². The monoisotopic (exact) mass is 235 g/mol. The van der Waals surface area contributed by atoms with Crippen LogP contribution >= 0.6 is 0 Å². The van der Waals surface area contributed by atoms with Gasteiger partial charge >= 0.3 is 0 Å². The molecule has 2 N–H and O–H groups in total. The smallest absolute Gasteiger partial charge is 0.123 e. The minimum absolute atomic E-state index is 0.520. The predicted molar refractivity (Wildman–Crippen MR) is 68.0 cm³/mol. The van der Waals surface area contributed by atoms with Crippen molar-refractivity contribution in [1.29, 1.82) is 0 Å². The van der Waals surface area contributed by atoms with Crippen molar-refractivity contribution in [2.24, 2.45) is 5.73 Å². The summed E-state index contributed by atoms with van der Waals surface area (Å²) in [7, 11) is 0. The SMILES string of the molecule is NCc1ccccc1OCCCOC1CCC1. The fraction of sp³-hybridized carbons (Fsp3) is 0.571. The van der Waals surface area contributed by atoms with E-state index in [-0.39, 0.29) is 0 Å². The van der Waals surface area contributed by atoms with Crippen molar-refractivity contribution >= 4 is 0 Å². The lowest BCUT2D eigenvalue weighted by Gasteiger charge is -2.25. The Balaban J connectivity index is 1.63. The number of ether oxygens (including phenoxy) is 2. The van der Waals surface area contributed by atoms with Gasteiger partial charge in [-0.15, -0.1) is 0 Å². The number of rotatable bonds is 7. The van der Waals surface area contributed by atoms with Crippen LogP contribution in [0.4, 0.5) is 0 Å². The lowest BCUT2D eigenvalue weighted by Crippen LogP contribution is -2.22. The van der Waals surface area contributed by atoms with E-state index < -0.39 is 0 Å². The topological polar surface area (TPSA) is 44.5 Å². The summed E-state index contributed by atoms with van der Waals surface area (Å²) in [5.74, 6) is 0.902. The van der Waals surface area contributed by atoms with Gasteiger partial charge in [-0.05, 0) is 25.3 Å². The Kier molecular flexibility index (Phi) is 4.83. The summed E-state index contributed by atoms with van der Waals surface area (Å²) < 4.78 is 11.4. The summed E-state index contributed by atoms with van der Waals surface area (Å²) in [4.78, 5) is 0. The van der Waals surface area contributed by atoms with Gasteiger partial charge < -0.3 is 15.2 Å². The molecule has 1 aromatic carbocycles. The highest BCUT2D eigenvalue weighted by Crippen LogP contribution is 2.22. The first-order valence-electron chi connectivity index (χ1n) is 6.42. The van der Waals surface area contributed by atoms with Gasteiger partial charge in [-0.25, -0.2) is 0 Å². The average Bonchev–Trinajstić information content (AvgIpc) is 2.32. The van der Waals surface area contributed by atoms with Crippen molar-refractivity contribution in [2.75, 3.05) is 13.2 Å². The van der Waals surface area contributed by atoms with Crippen LogP contribution in [0.25, 0.3) is 0 Å². The molecule has 1 fully saturated rings. The molecule has 2 rings (SSSR count). The predicted octanol–water partition coefficient (Wildman–Crippen LogP) is 2.48. The normalized spacial score (nSPS) is 15.6. The lowest BCUT2D eigenvalue weighted by molar-refractivity contribution is -0.00226. The quantitative estimate of drug-likeness (QED) is 0.738. The average molecular weight is 235 g/mol. The van der Waals surface area contributed by atoms with Crippen LogP contribution < -0.4 is 10.5 Å². The molecule has 1 aliphatic rings. The second-order valence-electron chi connectivity index (χ2n) is 4.44. The number of benzene rings is 1. The van der Waals surface area contributed by atoms with E-state index in [1.165, 1.54) is 19.3 Å². The van der Waals surface area contributed by atoms with Crippen molar-refractivity contribution in [3.63, 3.8) is 0 Å². The number of hydrogen-bond acceptors (Lipinski definition) is 3. The highest BCUT2D eigenvalue weighted by Gasteiger charge is 2.17. The zero-order chi connectivity index (χ0) is 11.9. The zero-order valence-corrected chi connectivity index (χ0v) is 10.2. The molecule has 0 aliphatic heterocycles. The third-order valence-electron chi connectivity index (χ3n) is 3.14. The molecule has 0 radical (unpaired) electrons. The second kappa shape index (κ2) is 6.62. The number of para-hydroxylation sites is 1. The molecule has 1 aromatic rings. The summed E-state index contributed by atoms with van der Waals surface area (Å²) >= 11 is 0. The van der Waals surface area contributed by atoms with Gasteiger partial charge in [-0.2, -0.15) is 0 Å². The number of nitrogens with two attached hydrogens (primary N) is 1. The van der Waals surface area contributed by atoms with E-state index in [0.717, 1.165) is 24.3 Å². The lowest BCUT2D eigenvalue weighted by atomic mass is 9.96. The molecule has 0 heterocycles. The summed E-state index contributed by atoms with van der Waals surface area (Å²) in [6.07, 6.45) is 5.25. The first kappa shape index (κ1) is 12.4. The molecule has 0 bridgehead atoms. The fourth-order valence-corrected chi connectivity index (χ4v) is 1.84. The van der Waals surface area contributed by atoms with E-state index in [1.807, 2.05) is 24.3 Å². The van der Waals surface area contributed by atoms with E-state index >= 15 is 0 Å². The highest BCUT2D eigenvalue weighted by molar-refractivity contribution is 5.32. The fourth-order valence-electron chi connectivity index (χ4n) is 1.84. The van der Waals surface area contributed by atoms with Gasteiger partial charge in [-0.1, -0.05) is 18.2 Å². The molecular weight excluding hydrogens is 214 g/mol. The van der Waals surface area contributed by atoms with Crippen LogP contribution in [-0.4, -0.2) is 19.3 Å². The van der Waals surface area contributed by atoms with E-state index in [4.69, 9.17) is 15.2 Å². The molecule has 17 heavy (non-hydrogen) atoms. The standard InChI is InChI=1S/C14H21NO2/c15-11-12-5-1-2-8-14(12)17-10-4-9-16-13-6-3-7-13/h1-2,5,8,13H,3-4,6-7,9-11,15H2. The Bertz CT molecular complexity index is 337. The van der Waals surface area contributed by atoms with E-state index in [1.54, 1.807) is 0 Å². The van der Waals surface area contributed by atoms with Gasteiger partial charge in [0.25, 0.3) is 0 Å². The maximum absolute atomic E-state index is 5.70. The van der Waals surface area contributed by atoms with E-state index in [0.29, 0.717) is 19.3 Å². The molecule has 0 aromatic heterocycles. The van der Waals surface area contributed by atoms with Crippen LogP contribution in [0.3, 0.4) is 0 Å². The van der Waals surface area contributed by atoms with E-state index in [2.05, 4.69) is 0 Å². The van der Waals surface area contributed by atoms with Crippen LogP contribution in [0, 0.1) is 0 Å². The summed E-state index contributed by atoms with van der Waals surface area (Å²) in [5.41, 5.74) is 6.70. The minimum atomic E-state index is 0.520. The van der Waals surface area contributed by atoms with Crippen LogP contribution in [0.2, 0.25) is 0 Å². The Morgan fingerprint density at radius 2 is 2.00 bits per heavy atom. The molecule has 0 saturated heterocycles. The summed E-state index contributed by atoms with van der Waals surface area (Å²) in [6.45, 7) is 2.02. The van der Waals surface area contributed by atoms with Crippen molar-refractivity contribution < 1.29 is 9.47 Å². The highest BCUT2D eigenvalue weighted by atomic mass is 16.5. The Morgan fingerprint density at radius 1 is 1.18 bits per heavy atom. The summed E-state index contributed by atoms with van der Waals surface area (Å²) in [6, 6.07) is 7.92. The van der Waals surface area contributed by atoms with Crippen molar-refractivity contribution in [3.8, 4) is 5.75 Å². The molecule has 0 unspecified atom stereocenters. The third kappa shape index (κ3) is 3.72. The van der Waals surface area contributed by atoms with Crippen LogP contribution in [0.5, 0.6) is 5.75 Å². The maximum atomic E-state index is 5.70. The zero-order valence-electron chi connectivity index (χ0n) is 10.2.